The van der Waals surface area contributed by atoms with Crippen molar-refractivity contribution in [3.63, 3.8) is 0 Å². The van der Waals surface area contributed by atoms with E-state index in [0.717, 1.165) is 32.1 Å². The summed E-state index contributed by atoms with van der Waals surface area (Å²) in [6.07, 6.45) is 8.76. The average molecular weight is 410 g/mol. The quantitative estimate of drug-likeness (QED) is 0.220. The fraction of sp³-hybridized carbons (Fsp3) is 0.600. The molecule has 0 unspecified atom stereocenters. The molecule has 0 fully saturated rings. The van der Waals surface area contributed by atoms with E-state index in [1.165, 1.54) is 36.6 Å². The summed E-state index contributed by atoms with van der Waals surface area (Å²) in [6.45, 7) is 0. The number of aryl methyl sites for hydroxylation is 1. The van der Waals surface area contributed by atoms with E-state index in [1.807, 2.05) is 6.07 Å². The van der Waals surface area contributed by atoms with Crippen LogP contribution in [-0.4, -0.2) is 22.9 Å². The Morgan fingerprint density at radius 3 is 2.04 bits per heavy atom. The van der Waals surface area contributed by atoms with Crippen LogP contribution >= 0.6 is 11.8 Å². The number of unbranched alkanes of at least 4 members (excludes halogenated alkanes) is 5. The van der Waals surface area contributed by atoms with Gasteiger partial charge in [0.1, 0.15) is 0 Å². The number of carboxylic acid groups (broad SMARTS) is 2. The van der Waals surface area contributed by atoms with Crippen LogP contribution < -0.4 is 69.3 Å². The Hall–Kier alpha value is 0.510. The zero-order valence-electron chi connectivity index (χ0n) is 16.8. The van der Waals surface area contributed by atoms with Crippen LogP contribution in [0.25, 0.3) is 0 Å². The first-order valence-corrected chi connectivity index (χ1v) is 10.2. The van der Waals surface area contributed by atoms with Gasteiger partial charge in [0.15, 0.2) is 0 Å². The van der Waals surface area contributed by atoms with Gasteiger partial charge in [0, 0.05) is 17.2 Å². The fourth-order valence-electron chi connectivity index (χ4n) is 2.79. The largest absolute Gasteiger partial charge is 1.00 e. The second-order valence-corrected chi connectivity index (χ2v) is 7.74. The number of carbonyl (C=O) groups is 2. The molecule has 7 heteroatoms. The van der Waals surface area contributed by atoms with Crippen LogP contribution in [0.4, 0.5) is 0 Å². The Bertz CT molecular complexity index is 500. The summed E-state index contributed by atoms with van der Waals surface area (Å²) >= 11 is 1.41. The van der Waals surface area contributed by atoms with E-state index in [2.05, 4.69) is 24.3 Å². The first-order valence-electron chi connectivity index (χ1n) is 9.13. The van der Waals surface area contributed by atoms with Gasteiger partial charge in [-0.25, -0.2) is 0 Å². The van der Waals surface area contributed by atoms with Crippen LogP contribution in [-0.2, 0) is 16.0 Å². The molecule has 0 radical (unpaired) electrons. The first kappa shape index (κ1) is 29.7. The minimum atomic E-state index is -1.09. The number of aliphatic carboxylic acids is 2. The Morgan fingerprint density at radius 2 is 1.44 bits per heavy atom. The van der Waals surface area contributed by atoms with Crippen molar-refractivity contribution in [2.75, 3.05) is 5.75 Å². The monoisotopic (exact) mass is 410 g/mol. The minimum Gasteiger partial charge on any atom is -0.550 e. The van der Waals surface area contributed by atoms with Gasteiger partial charge in [-0.2, -0.15) is 11.8 Å². The van der Waals surface area contributed by atoms with E-state index >= 15 is 0 Å². The van der Waals surface area contributed by atoms with Crippen molar-refractivity contribution in [2.24, 2.45) is 0 Å². The smallest absolute Gasteiger partial charge is 0.550 e. The maximum absolute atomic E-state index is 10.8. The molecule has 0 saturated heterocycles. The predicted octanol–water partition coefficient (Wildman–Crippen LogP) is -3.65. The minimum absolute atomic E-state index is 0. The molecule has 27 heavy (non-hydrogen) atoms. The van der Waals surface area contributed by atoms with E-state index in [-0.39, 0.29) is 77.2 Å². The molecule has 0 aliphatic rings. The van der Waals surface area contributed by atoms with Crippen molar-refractivity contribution >= 4 is 23.7 Å². The molecule has 4 nitrogen and oxygen atoms in total. The molecule has 0 N–H and O–H groups in total. The molecule has 1 atom stereocenters. The summed E-state index contributed by atoms with van der Waals surface area (Å²) in [5.74, 6) is -1.75. The first-order chi connectivity index (χ1) is 12.1. The molecular weight excluding hydrogens is 382 g/mol. The molecule has 1 aromatic rings. The van der Waals surface area contributed by atoms with Gasteiger partial charge in [-0.3, -0.25) is 0 Å². The number of hydrogen-bond acceptors (Lipinski definition) is 5. The third-order valence-corrected chi connectivity index (χ3v) is 5.45. The fourth-order valence-corrected chi connectivity index (χ4v) is 4.00. The Morgan fingerprint density at radius 1 is 0.852 bits per heavy atom. The van der Waals surface area contributed by atoms with Gasteiger partial charge in [0.2, 0.25) is 0 Å². The molecule has 0 saturated carbocycles. The van der Waals surface area contributed by atoms with Crippen molar-refractivity contribution < 1.29 is 78.9 Å². The second-order valence-electron chi connectivity index (χ2n) is 6.34. The molecule has 0 aromatic heterocycles. The molecule has 1 rings (SSSR count). The van der Waals surface area contributed by atoms with Gasteiger partial charge in [-0.15, -0.1) is 0 Å². The summed E-state index contributed by atoms with van der Waals surface area (Å²) in [7, 11) is 0. The summed E-state index contributed by atoms with van der Waals surface area (Å²) < 4.78 is 0. The summed E-state index contributed by atoms with van der Waals surface area (Å²) in [4.78, 5) is 21.2. The van der Waals surface area contributed by atoms with E-state index in [0.29, 0.717) is 5.75 Å². The van der Waals surface area contributed by atoms with Crippen molar-refractivity contribution in [2.45, 2.75) is 69.5 Å². The SMILES string of the molecule is O=C([O-])CCS[C@@H](CCCCCCCCc1ccccc1)CC(=O)[O-].[Na+].[Na+]. The van der Waals surface area contributed by atoms with Gasteiger partial charge >= 0.3 is 59.1 Å². The van der Waals surface area contributed by atoms with Gasteiger partial charge in [-0.1, -0.05) is 62.4 Å². The number of benzene rings is 1. The van der Waals surface area contributed by atoms with Crippen LogP contribution in [0.2, 0.25) is 0 Å². The molecular formula is C20H28Na2O4S. The van der Waals surface area contributed by atoms with Gasteiger partial charge < -0.3 is 19.8 Å². The molecule has 0 aliphatic carbocycles. The van der Waals surface area contributed by atoms with E-state index in [1.54, 1.807) is 0 Å². The number of carboxylic acids is 2. The van der Waals surface area contributed by atoms with Crippen LogP contribution in [0.1, 0.15) is 63.4 Å². The zero-order valence-corrected chi connectivity index (χ0v) is 21.6. The van der Waals surface area contributed by atoms with E-state index in [4.69, 9.17) is 0 Å². The van der Waals surface area contributed by atoms with Gasteiger partial charge in [-0.05, 0) is 43.4 Å². The molecule has 0 amide bonds. The van der Waals surface area contributed by atoms with Crippen LogP contribution in [0, 0.1) is 0 Å². The molecule has 0 aliphatic heterocycles. The molecule has 0 bridgehead atoms. The van der Waals surface area contributed by atoms with Crippen LogP contribution in [0.3, 0.4) is 0 Å². The van der Waals surface area contributed by atoms with Crippen molar-refractivity contribution in [1.29, 1.82) is 0 Å². The summed E-state index contributed by atoms with van der Waals surface area (Å²) in [5, 5.41) is 21.2. The van der Waals surface area contributed by atoms with Gasteiger partial charge in [0.05, 0.1) is 0 Å². The summed E-state index contributed by atoms with van der Waals surface area (Å²) in [5.41, 5.74) is 1.39. The zero-order chi connectivity index (χ0) is 18.3. The Labute approximate surface area is 211 Å². The number of carbonyl (C=O) groups excluding carboxylic acids is 2. The molecule has 0 spiro atoms. The van der Waals surface area contributed by atoms with Gasteiger partial charge in [0.25, 0.3) is 0 Å². The maximum atomic E-state index is 10.8. The maximum Gasteiger partial charge on any atom is 1.00 e. The van der Waals surface area contributed by atoms with Crippen molar-refractivity contribution in [3.05, 3.63) is 35.9 Å². The van der Waals surface area contributed by atoms with Crippen LogP contribution in [0.15, 0.2) is 30.3 Å². The van der Waals surface area contributed by atoms with E-state index in [9.17, 15) is 19.8 Å². The second kappa shape index (κ2) is 19.8. The third kappa shape index (κ3) is 18.3. The topological polar surface area (TPSA) is 80.3 Å². The Balaban J connectivity index is 0. The molecule has 1 aromatic carbocycles. The standard InChI is InChI=1S/C20H30O4S.2Na/c21-19(22)14-15-25-18(16-20(23)24)13-9-4-2-1-3-6-10-17-11-7-5-8-12-17;;/h5,7-8,11-12,18H,1-4,6,9-10,13-16H2,(H,21,22)(H,23,24);;/q;2*+1/p-2/t18-;;/m0../s1. The number of thioether (sulfide) groups is 1. The molecule has 140 valence electrons. The predicted molar refractivity (Wildman–Crippen MR) is 98.0 cm³/mol. The number of hydrogen-bond donors (Lipinski definition) is 0. The average Bonchev–Trinajstić information content (AvgIpc) is 2.57. The third-order valence-electron chi connectivity index (χ3n) is 4.14. The Kier molecular flexibility index (Phi) is 21.8. The van der Waals surface area contributed by atoms with Crippen molar-refractivity contribution in [3.8, 4) is 0 Å². The van der Waals surface area contributed by atoms with Crippen molar-refractivity contribution in [1.82, 2.24) is 0 Å². The normalized spacial score (nSPS) is 11.1. The van der Waals surface area contributed by atoms with Crippen LogP contribution in [0.5, 0.6) is 0 Å². The molecule has 0 heterocycles. The number of rotatable bonds is 15. The van der Waals surface area contributed by atoms with E-state index < -0.39 is 11.9 Å². The summed E-state index contributed by atoms with van der Waals surface area (Å²) in [6, 6.07) is 10.5.